The highest BCUT2D eigenvalue weighted by molar-refractivity contribution is 5.81. The summed E-state index contributed by atoms with van der Waals surface area (Å²) in [6, 6.07) is 0.409. The predicted octanol–water partition coefficient (Wildman–Crippen LogP) is 0.831. The third-order valence-corrected chi connectivity index (χ3v) is 3.33. The van der Waals surface area contributed by atoms with Crippen LogP contribution in [0.4, 0.5) is 0 Å². The molecule has 1 fully saturated rings. The van der Waals surface area contributed by atoms with E-state index in [1.54, 1.807) is 7.05 Å². The lowest BCUT2D eigenvalue weighted by atomic mass is 9.99. The summed E-state index contributed by atoms with van der Waals surface area (Å²) in [7, 11) is 3.86. The van der Waals surface area contributed by atoms with E-state index in [4.69, 9.17) is 0 Å². The molecule has 4 heteroatoms. The number of carbonyl (C=O) groups is 1. The van der Waals surface area contributed by atoms with E-state index < -0.39 is 0 Å². The molecule has 0 aromatic rings. The lowest BCUT2D eigenvalue weighted by Gasteiger charge is -2.33. The monoisotopic (exact) mass is 241 g/mol. The summed E-state index contributed by atoms with van der Waals surface area (Å²) in [6.07, 6.45) is 3.30. The Kier molecular flexibility index (Phi) is 5.92. The minimum atomic E-state index is -0.0449. The largest absolute Gasteiger partial charge is 0.358 e. The summed E-state index contributed by atoms with van der Waals surface area (Å²) < 4.78 is 0. The molecule has 17 heavy (non-hydrogen) atoms. The molecule has 1 heterocycles. The van der Waals surface area contributed by atoms with Gasteiger partial charge in [-0.2, -0.15) is 0 Å². The molecule has 0 aromatic carbocycles. The van der Waals surface area contributed by atoms with E-state index in [1.165, 1.54) is 19.4 Å². The van der Waals surface area contributed by atoms with E-state index in [-0.39, 0.29) is 11.9 Å². The van der Waals surface area contributed by atoms with Gasteiger partial charge in [0.05, 0.1) is 6.04 Å². The average Bonchev–Trinajstić information content (AvgIpc) is 2.26. The zero-order valence-corrected chi connectivity index (χ0v) is 11.6. The van der Waals surface area contributed by atoms with Gasteiger partial charge >= 0.3 is 0 Å². The number of hydrogen-bond donors (Lipinski definition) is 2. The molecule has 0 aromatic heterocycles. The number of likely N-dealkylation sites (tertiary alicyclic amines) is 1. The Bertz CT molecular complexity index is 243. The smallest absolute Gasteiger partial charge is 0.236 e. The van der Waals surface area contributed by atoms with Crippen LogP contribution in [-0.4, -0.2) is 50.1 Å². The molecule has 1 saturated heterocycles. The van der Waals surface area contributed by atoms with Gasteiger partial charge in [-0.05, 0) is 38.8 Å². The number of nitrogens with one attached hydrogen (secondary N) is 2. The molecule has 0 aliphatic carbocycles. The first-order valence-electron chi connectivity index (χ1n) is 6.69. The third-order valence-electron chi connectivity index (χ3n) is 3.33. The maximum absolute atomic E-state index is 11.8. The number of piperidine rings is 1. The first-order chi connectivity index (χ1) is 8.02. The number of nitrogens with zero attached hydrogens (tertiary/aromatic N) is 1. The van der Waals surface area contributed by atoms with Crippen LogP contribution in [0.3, 0.4) is 0 Å². The quantitative estimate of drug-likeness (QED) is 0.749. The van der Waals surface area contributed by atoms with Gasteiger partial charge in [0, 0.05) is 19.6 Å². The van der Waals surface area contributed by atoms with Crippen LogP contribution in [0, 0.1) is 5.92 Å². The molecule has 1 amide bonds. The number of hydrogen-bond acceptors (Lipinski definition) is 3. The molecule has 4 nitrogen and oxygen atoms in total. The van der Waals surface area contributed by atoms with Crippen molar-refractivity contribution in [1.29, 1.82) is 0 Å². The predicted molar refractivity (Wildman–Crippen MR) is 71.0 cm³/mol. The molecule has 0 bridgehead atoms. The van der Waals surface area contributed by atoms with Gasteiger partial charge in [-0.25, -0.2) is 0 Å². The Balaban J connectivity index is 2.49. The Morgan fingerprint density at radius 2 is 2.18 bits per heavy atom. The van der Waals surface area contributed by atoms with E-state index >= 15 is 0 Å². The van der Waals surface area contributed by atoms with Crippen LogP contribution >= 0.6 is 0 Å². The fourth-order valence-electron chi connectivity index (χ4n) is 2.48. The van der Waals surface area contributed by atoms with Crippen LogP contribution in [0.25, 0.3) is 0 Å². The Hall–Kier alpha value is -0.610. The second kappa shape index (κ2) is 6.97. The van der Waals surface area contributed by atoms with Crippen molar-refractivity contribution in [3.8, 4) is 0 Å². The third kappa shape index (κ3) is 5.04. The molecule has 1 rings (SSSR count). The first kappa shape index (κ1) is 14.5. The number of carbonyl (C=O) groups excluding carboxylic acids is 1. The summed E-state index contributed by atoms with van der Waals surface area (Å²) in [5.41, 5.74) is 0. The summed E-state index contributed by atoms with van der Waals surface area (Å²) in [6.45, 7) is 6.54. The number of rotatable bonds is 5. The topological polar surface area (TPSA) is 44.4 Å². The molecule has 1 aliphatic heterocycles. The summed E-state index contributed by atoms with van der Waals surface area (Å²) >= 11 is 0. The summed E-state index contributed by atoms with van der Waals surface area (Å²) in [4.78, 5) is 14.1. The molecule has 100 valence electrons. The van der Waals surface area contributed by atoms with Crippen LogP contribution in [0.15, 0.2) is 0 Å². The van der Waals surface area contributed by atoms with E-state index in [1.807, 2.05) is 0 Å². The molecule has 1 aliphatic rings. The Labute approximate surface area is 105 Å². The van der Waals surface area contributed by atoms with Crippen molar-refractivity contribution in [3.05, 3.63) is 0 Å². The lowest BCUT2D eigenvalue weighted by Crippen LogP contribution is -2.53. The van der Waals surface area contributed by atoms with Crippen LogP contribution in [-0.2, 0) is 4.79 Å². The van der Waals surface area contributed by atoms with Gasteiger partial charge in [0.2, 0.25) is 5.91 Å². The van der Waals surface area contributed by atoms with Gasteiger partial charge in [-0.1, -0.05) is 13.8 Å². The molecule has 0 radical (unpaired) electrons. The van der Waals surface area contributed by atoms with Gasteiger partial charge in [0.1, 0.15) is 0 Å². The van der Waals surface area contributed by atoms with Crippen molar-refractivity contribution < 1.29 is 4.79 Å². The van der Waals surface area contributed by atoms with E-state index in [0.717, 1.165) is 13.0 Å². The number of amides is 1. The first-order valence-corrected chi connectivity index (χ1v) is 6.69. The van der Waals surface area contributed by atoms with Crippen molar-refractivity contribution in [3.63, 3.8) is 0 Å². The van der Waals surface area contributed by atoms with Crippen molar-refractivity contribution in [2.24, 2.45) is 5.92 Å². The molecular weight excluding hydrogens is 214 g/mol. The SMILES string of the molecule is CNC(=O)C(CC(C)C)NC1CCCN(C)C1. The van der Waals surface area contributed by atoms with Crippen LogP contribution in [0.1, 0.15) is 33.1 Å². The highest BCUT2D eigenvalue weighted by atomic mass is 16.2. The molecule has 0 spiro atoms. The summed E-state index contributed by atoms with van der Waals surface area (Å²) in [5, 5.41) is 6.27. The minimum Gasteiger partial charge on any atom is -0.358 e. The highest BCUT2D eigenvalue weighted by Gasteiger charge is 2.24. The Morgan fingerprint density at radius 3 is 2.71 bits per heavy atom. The standard InChI is InChI=1S/C13H27N3O/c1-10(2)8-12(13(17)14-3)15-11-6-5-7-16(4)9-11/h10-12,15H,5-9H2,1-4H3,(H,14,17). The maximum Gasteiger partial charge on any atom is 0.236 e. The normalized spacial score (nSPS) is 23.7. The second-order valence-electron chi connectivity index (χ2n) is 5.56. The van der Waals surface area contributed by atoms with Gasteiger partial charge in [-0.3, -0.25) is 4.79 Å². The van der Waals surface area contributed by atoms with Gasteiger partial charge in [-0.15, -0.1) is 0 Å². The zero-order chi connectivity index (χ0) is 12.8. The van der Waals surface area contributed by atoms with Crippen molar-refractivity contribution in [2.45, 2.75) is 45.2 Å². The van der Waals surface area contributed by atoms with E-state index in [0.29, 0.717) is 12.0 Å². The molecular formula is C13H27N3O. The Morgan fingerprint density at radius 1 is 1.47 bits per heavy atom. The molecule has 0 saturated carbocycles. The van der Waals surface area contributed by atoms with E-state index in [2.05, 4.69) is 36.4 Å². The van der Waals surface area contributed by atoms with Crippen molar-refractivity contribution >= 4 is 5.91 Å². The van der Waals surface area contributed by atoms with Gasteiger partial charge < -0.3 is 15.5 Å². The minimum absolute atomic E-state index is 0.0449. The van der Waals surface area contributed by atoms with Crippen LogP contribution in [0.5, 0.6) is 0 Å². The van der Waals surface area contributed by atoms with E-state index in [9.17, 15) is 4.79 Å². The van der Waals surface area contributed by atoms with Gasteiger partial charge in [0.15, 0.2) is 0 Å². The maximum atomic E-state index is 11.8. The second-order valence-corrected chi connectivity index (χ2v) is 5.56. The van der Waals surface area contributed by atoms with Gasteiger partial charge in [0.25, 0.3) is 0 Å². The summed E-state index contributed by atoms with van der Waals surface area (Å²) in [5.74, 6) is 0.651. The fourth-order valence-corrected chi connectivity index (χ4v) is 2.48. The number of likely N-dealkylation sites (N-methyl/N-ethyl adjacent to an activating group) is 2. The zero-order valence-electron chi connectivity index (χ0n) is 11.6. The van der Waals surface area contributed by atoms with Crippen molar-refractivity contribution in [2.75, 3.05) is 27.2 Å². The fraction of sp³-hybridized carbons (Fsp3) is 0.923. The lowest BCUT2D eigenvalue weighted by molar-refractivity contribution is -0.123. The molecule has 2 atom stereocenters. The highest BCUT2D eigenvalue weighted by Crippen LogP contribution is 2.12. The van der Waals surface area contributed by atoms with Crippen LogP contribution < -0.4 is 10.6 Å². The average molecular weight is 241 g/mol. The van der Waals surface area contributed by atoms with Crippen molar-refractivity contribution in [1.82, 2.24) is 15.5 Å². The van der Waals surface area contributed by atoms with Crippen LogP contribution in [0.2, 0.25) is 0 Å². The molecule has 2 N–H and O–H groups in total. The molecule has 2 unspecified atom stereocenters.